The predicted octanol–water partition coefficient (Wildman–Crippen LogP) is 1.66. The summed E-state index contributed by atoms with van der Waals surface area (Å²) in [5.41, 5.74) is 4.82. The molecule has 0 aliphatic heterocycles. The minimum Gasteiger partial charge on any atom is -0.405 e. The first-order valence-corrected chi connectivity index (χ1v) is 4.35. The molecule has 94 valence electrons. The largest absolute Gasteiger partial charge is 0.573 e. The lowest BCUT2D eigenvalue weighted by atomic mass is 10.2. The van der Waals surface area contributed by atoms with E-state index in [4.69, 9.17) is 5.73 Å². The summed E-state index contributed by atoms with van der Waals surface area (Å²) in [6.45, 7) is 0.891. The zero-order valence-electron chi connectivity index (χ0n) is 8.61. The molecule has 1 aromatic heterocycles. The molecule has 0 saturated carbocycles. The number of hydrogen-bond donors (Lipinski definition) is 1. The lowest BCUT2D eigenvalue weighted by Gasteiger charge is -2.11. The van der Waals surface area contributed by atoms with E-state index in [0.717, 1.165) is 13.0 Å². The summed E-state index contributed by atoms with van der Waals surface area (Å²) < 4.78 is 39.8. The Labute approximate surface area is 93.3 Å². The molecular weight excluding hydrogens is 243 g/mol. The van der Waals surface area contributed by atoms with E-state index in [9.17, 15) is 23.3 Å². The molecule has 0 atom stereocenters. The average Bonchev–Trinajstić information content (AvgIpc) is 2.18. The van der Waals surface area contributed by atoms with Crippen molar-refractivity contribution in [3.8, 4) is 5.75 Å². The maximum atomic E-state index is 12.0. The third kappa shape index (κ3) is 3.28. The Morgan fingerprint density at radius 2 is 2.18 bits per heavy atom. The minimum atomic E-state index is -4.92. The summed E-state index contributed by atoms with van der Waals surface area (Å²) in [4.78, 5) is 13.2. The normalized spacial score (nSPS) is 11.4. The van der Waals surface area contributed by atoms with Crippen LogP contribution in [0, 0.1) is 17.0 Å². The number of ether oxygens (including phenoxy) is 1. The summed E-state index contributed by atoms with van der Waals surface area (Å²) in [5.74, 6) is -1.37. The van der Waals surface area contributed by atoms with Crippen LogP contribution in [0.5, 0.6) is 5.75 Å². The van der Waals surface area contributed by atoms with Gasteiger partial charge in [0.2, 0.25) is 0 Å². The van der Waals surface area contributed by atoms with Gasteiger partial charge in [0.1, 0.15) is 5.75 Å². The molecule has 2 N–H and O–H groups in total. The van der Waals surface area contributed by atoms with Crippen molar-refractivity contribution in [1.82, 2.24) is 4.98 Å². The van der Waals surface area contributed by atoms with Crippen molar-refractivity contribution in [2.75, 3.05) is 0 Å². The van der Waals surface area contributed by atoms with Crippen LogP contribution in [0.2, 0.25) is 0 Å². The molecule has 0 fully saturated rings. The lowest BCUT2D eigenvalue weighted by Crippen LogP contribution is -2.19. The number of pyridine rings is 1. The summed E-state index contributed by atoms with van der Waals surface area (Å²) >= 11 is 0. The number of nitrogens with zero attached hydrogens (tertiary/aromatic N) is 2. The Kier molecular flexibility index (Phi) is 3.51. The highest BCUT2D eigenvalue weighted by Crippen LogP contribution is 2.31. The van der Waals surface area contributed by atoms with Gasteiger partial charge in [-0.05, 0) is 16.8 Å². The van der Waals surface area contributed by atoms with Crippen LogP contribution in [0.1, 0.15) is 11.3 Å². The minimum absolute atomic E-state index is 0.0541. The molecule has 0 aromatic carbocycles. The number of nitro groups is 1. The van der Waals surface area contributed by atoms with Crippen molar-refractivity contribution >= 4 is 5.82 Å². The molecule has 6 nitrogen and oxygen atoms in total. The van der Waals surface area contributed by atoms with E-state index in [1.165, 1.54) is 0 Å². The third-order valence-corrected chi connectivity index (χ3v) is 1.86. The van der Waals surface area contributed by atoms with Crippen molar-refractivity contribution in [2.24, 2.45) is 5.73 Å². The molecule has 1 aromatic rings. The molecule has 0 bridgehead atoms. The van der Waals surface area contributed by atoms with Crippen molar-refractivity contribution in [2.45, 2.75) is 19.8 Å². The summed E-state index contributed by atoms with van der Waals surface area (Å²) in [5, 5.41) is 10.6. The van der Waals surface area contributed by atoms with Gasteiger partial charge in [0.05, 0.1) is 12.1 Å². The molecule has 0 radical (unpaired) electrons. The highest BCUT2D eigenvalue weighted by atomic mass is 19.4. The SMILES string of the molecule is Cc1c(OC(F)(F)F)cc(CN)nc1[N+](=O)[O-]. The van der Waals surface area contributed by atoms with Gasteiger partial charge in [0.25, 0.3) is 0 Å². The van der Waals surface area contributed by atoms with Gasteiger partial charge in [-0.2, -0.15) is 0 Å². The number of aromatic nitrogens is 1. The first-order chi connectivity index (χ1) is 7.74. The molecule has 0 aliphatic carbocycles. The monoisotopic (exact) mass is 251 g/mol. The molecular formula is C8H8F3N3O3. The fourth-order valence-electron chi connectivity index (χ4n) is 1.13. The topological polar surface area (TPSA) is 91.3 Å². The molecule has 0 unspecified atom stereocenters. The van der Waals surface area contributed by atoms with Crippen molar-refractivity contribution in [3.05, 3.63) is 27.4 Å². The number of rotatable bonds is 3. The van der Waals surface area contributed by atoms with Crippen molar-refractivity contribution in [1.29, 1.82) is 0 Å². The lowest BCUT2D eigenvalue weighted by molar-refractivity contribution is -0.390. The maximum absolute atomic E-state index is 12.0. The van der Waals surface area contributed by atoms with Crippen LogP contribution in [-0.2, 0) is 6.54 Å². The second-order valence-electron chi connectivity index (χ2n) is 3.07. The number of halogens is 3. The Bertz CT molecular complexity index is 448. The van der Waals surface area contributed by atoms with Crippen LogP contribution in [0.15, 0.2) is 6.07 Å². The Hall–Kier alpha value is -1.90. The molecule has 0 amide bonds. The molecule has 17 heavy (non-hydrogen) atoms. The molecule has 9 heteroatoms. The summed E-state index contributed by atoms with van der Waals surface area (Å²) in [6, 6.07) is 0.926. The molecule has 1 rings (SSSR count). The van der Waals surface area contributed by atoms with Crippen LogP contribution in [0.3, 0.4) is 0 Å². The van der Waals surface area contributed by atoms with Crippen LogP contribution in [0.25, 0.3) is 0 Å². The van der Waals surface area contributed by atoms with E-state index in [0.29, 0.717) is 0 Å². The molecule has 0 saturated heterocycles. The highest BCUT2D eigenvalue weighted by molar-refractivity contribution is 5.44. The van der Waals surface area contributed by atoms with Crippen LogP contribution < -0.4 is 10.5 Å². The third-order valence-electron chi connectivity index (χ3n) is 1.86. The zero-order chi connectivity index (χ0) is 13.2. The van der Waals surface area contributed by atoms with Crippen LogP contribution in [0.4, 0.5) is 19.0 Å². The fourth-order valence-corrected chi connectivity index (χ4v) is 1.13. The standard InChI is InChI=1S/C8H8F3N3O3/c1-4-6(17-8(9,10)11)2-5(3-12)13-7(4)14(15)16/h2H,3,12H2,1H3. The number of nitrogens with two attached hydrogens (primary N) is 1. The summed E-state index contributed by atoms with van der Waals surface area (Å²) in [6.07, 6.45) is -4.92. The van der Waals surface area contributed by atoms with Crippen molar-refractivity contribution in [3.63, 3.8) is 0 Å². The Balaban J connectivity index is 3.29. The molecule has 1 heterocycles. The quantitative estimate of drug-likeness (QED) is 0.651. The Morgan fingerprint density at radius 3 is 2.59 bits per heavy atom. The van der Waals surface area contributed by atoms with Gasteiger partial charge in [0, 0.05) is 6.07 Å². The van der Waals surface area contributed by atoms with E-state index in [-0.39, 0.29) is 17.8 Å². The van der Waals surface area contributed by atoms with Gasteiger partial charge in [-0.25, -0.2) is 0 Å². The van der Waals surface area contributed by atoms with Gasteiger partial charge < -0.3 is 20.6 Å². The van der Waals surface area contributed by atoms with Gasteiger partial charge in [-0.3, -0.25) is 0 Å². The van der Waals surface area contributed by atoms with E-state index < -0.39 is 22.9 Å². The Morgan fingerprint density at radius 1 is 1.59 bits per heavy atom. The number of hydrogen-bond acceptors (Lipinski definition) is 5. The van der Waals surface area contributed by atoms with Gasteiger partial charge in [-0.15, -0.1) is 13.2 Å². The zero-order valence-corrected chi connectivity index (χ0v) is 8.61. The highest BCUT2D eigenvalue weighted by Gasteiger charge is 2.34. The molecule has 0 aliphatic rings. The predicted molar refractivity (Wildman–Crippen MR) is 50.2 cm³/mol. The second kappa shape index (κ2) is 4.53. The van der Waals surface area contributed by atoms with E-state index in [1.54, 1.807) is 0 Å². The second-order valence-corrected chi connectivity index (χ2v) is 3.07. The molecule has 0 spiro atoms. The van der Waals surface area contributed by atoms with E-state index >= 15 is 0 Å². The van der Waals surface area contributed by atoms with Crippen LogP contribution >= 0.6 is 0 Å². The van der Waals surface area contributed by atoms with Gasteiger partial charge >= 0.3 is 12.2 Å². The van der Waals surface area contributed by atoms with Gasteiger partial charge in [-0.1, -0.05) is 0 Å². The fraction of sp³-hybridized carbons (Fsp3) is 0.375. The average molecular weight is 251 g/mol. The summed E-state index contributed by atoms with van der Waals surface area (Å²) in [7, 11) is 0. The first-order valence-electron chi connectivity index (χ1n) is 4.35. The maximum Gasteiger partial charge on any atom is 0.573 e. The smallest absolute Gasteiger partial charge is 0.405 e. The number of alkyl halides is 3. The van der Waals surface area contributed by atoms with Gasteiger partial charge in [0.15, 0.2) is 5.69 Å². The van der Waals surface area contributed by atoms with Crippen molar-refractivity contribution < 1.29 is 22.8 Å². The van der Waals surface area contributed by atoms with E-state index in [2.05, 4.69) is 9.72 Å². The first kappa shape index (κ1) is 13.2. The van der Waals surface area contributed by atoms with Crippen LogP contribution in [-0.4, -0.2) is 16.3 Å². The van der Waals surface area contributed by atoms with E-state index in [1.807, 2.05) is 0 Å².